The average Bonchev–Trinajstić information content (AvgIpc) is 3.73. The molecule has 3 amide bonds. The van der Waals surface area contributed by atoms with Crippen molar-refractivity contribution in [1.29, 1.82) is 0 Å². The predicted molar refractivity (Wildman–Crippen MR) is 192 cm³/mol. The van der Waals surface area contributed by atoms with Gasteiger partial charge in [0, 0.05) is 30.5 Å². The van der Waals surface area contributed by atoms with Crippen molar-refractivity contribution in [2.24, 2.45) is 11.8 Å². The SMILES string of the molecule is C=CCCC(=O)N(C)[C@@H](C)[C@@H](OC(=O)[C@H]1[C@@H]2O[C@@]3(CC2Br)[C@@H]1C(=O)N([C@H](C)CO)[C@@H]3C(=O)N(CC=C)c1ccc(OC)cc1)c1ccccc1. The van der Waals surface area contributed by atoms with Crippen LogP contribution < -0.4 is 9.64 Å². The topological polar surface area (TPSA) is 126 Å². The average molecular weight is 753 g/mol. The molecule has 11 nitrogen and oxygen atoms in total. The number of hydrogen-bond acceptors (Lipinski definition) is 8. The second kappa shape index (κ2) is 15.5. The highest BCUT2D eigenvalue weighted by Crippen LogP contribution is 2.61. The van der Waals surface area contributed by atoms with E-state index in [9.17, 15) is 24.3 Å². The van der Waals surface area contributed by atoms with Gasteiger partial charge in [0.25, 0.3) is 5.91 Å². The Kier molecular flexibility index (Phi) is 11.5. The molecular formula is C38H46BrN3O8. The quantitative estimate of drug-likeness (QED) is 0.161. The fraction of sp³-hybridized carbons (Fsp3) is 0.474. The largest absolute Gasteiger partial charge is 0.497 e. The molecule has 0 saturated carbocycles. The zero-order chi connectivity index (χ0) is 36.3. The number of likely N-dealkylation sites (tertiary alicyclic amines) is 1. The Labute approximate surface area is 302 Å². The van der Waals surface area contributed by atoms with E-state index in [0.29, 0.717) is 23.4 Å². The number of methoxy groups -OCH3 is 1. The van der Waals surface area contributed by atoms with Gasteiger partial charge in [0.1, 0.15) is 23.5 Å². The van der Waals surface area contributed by atoms with Crippen LogP contribution in [0.1, 0.15) is 44.8 Å². The number of alkyl halides is 1. The van der Waals surface area contributed by atoms with Gasteiger partial charge >= 0.3 is 5.97 Å². The van der Waals surface area contributed by atoms with Crippen LogP contribution in [0.3, 0.4) is 0 Å². The monoisotopic (exact) mass is 751 g/mol. The summed E-state index contributed by atoms with van der Waals surface area (Å²) in [6.07, 6.45) is 2.71. The van der Waals surface area contributed by atoms with Gasteiger partial charge in [-0.15, -0.1) is 13.2 Å². The van der Waals surface area contributed by atoms with Gasteiger partial charge in [-0.25, -0.2) is 0 Å². The summed E-state index contributed by atoms with van der Waals surface area (Å²) in [5.74, 6) is -3.15. The first-order valence-electron chi connectivity index (χ1n) is 16.9. The summed E-state index contributed by atoms with van der Waals surface area (Å²) in [4.78, 5) is 60.9. The number of likely N-dealkylation sites (N-methyl/N-ethyl adjacent to an activating group) is 1. The number of carbonyl (C=O) groups excluding carboxylic acids is 4. The molecule has 1 unspecified atom stereocenters. The van der Waals surface area contributed by atoms with Crippen molar-refractivity contribution in [3.63, 3.8) is 0 Å². The van der Waals surface area contributed by atoms with Crippen LogP contribution in [0.15, 0.2) is 79.9 Å². The number of amides is 3. The third-order valence-electron chi connectivity index (χ3n) is 10.3. The van der Waals surface area contributed by atoms with E-state index in [4.69, 9.17) is 14.2 Å². The molecule has 3 aliphatic rings. The molecule has 2 aromatic rings. The first kappa shape index (κ1) is 37.3. The van der Waals surface area contributed by atoms with Crippen LogP contribution in [0.5, 0.6) is 5.75 Å². The molecule has 1 spiro atoms. The molecule has 0 aliphatic carbocycles. The van der Waals surface area contributed by atoms with Crippen molar-refractivity contribution >= 4 is 45.3 Å². The molecule has 3 aliphatic heterocycles. The van der Waals surface area contributed by atoms with Gasteiger partial charge in [-0.1, -0.05) is 58.4 Å². The van der Waals surface area contributed by atoms with Gasteiger partial charge in [-0.2, -0.15) is 0 Å². The van der Waals surface area contributed by atoms with E-state index < -0.39 is 72.2 Å². The van der Waals surface area contributed by atoms with Crippen LogP contribution in [0, 0.1) is 11.8 Å². The molecule has 2 bridgehead atoms. The lowest BCUT2D eigenvalue weighted by Crippen LogP contribution is -2.58. The Morgan fingerprint density at radius 3 is 2.40 bits per heavy atom. The summed E-state index contributed by atoms with van der Waals surface area (Å²) in [7, 11) is 3.23. The van der Waals surface area contributed by atoms with E-state index in [0.717, 1.165) is 0 Å². The number of benzene rings is 2. The fourth-order valence-corrected chi connectivity index (χ4v) is 8.61. The van der Waals surface area contributed by atoms with Crippen molar-refractivity contribution in [2.75, 3.05) is 32.2 Å². The van der Waals surface area contributed by atoms with E-state index in [-0.39, 0.29) is 30.1 Å². The lowest BCUT2D eigenvalue weighted by molar-refractivity contribution is -0.165. The summed E-state index contributed by atoms with van der Waals surface area (Å²) >= 11 is 3.71. The number of halogens is 1. The number of rotatable bonds is 15. The predicted octanol–water partition coefficient (Wildman–Crippen LogP) is 4.44. The van der Waals surface area contributed by atoms with Crippen molar-refractivity contribution in [3.8, 4) is 5.75 Å². The maximum atomic E-state index is 14.8. The van der Waals surface area contributed by atoms with Crippen LogP contribution >= 0.6 is 15.9 Å². The van der Waals surface area contributed by atoms with Crippen LogP contribution in [-0.2, 0) is 28.7 Å². The number of hydrogen-bond donors (Lipinski definition) is 1. The number of aliphatic hydroxyl groups excluding tert-OH is 1. The fourth-order valence-electron chi connectivity index (χ4n) is 7.66. The molecular weight excluding hydrogens is 706 g/mol. The van der Waals surface area contributed by atoms with Crippen molar-refractivity contribution < 1.29 is 38.5 Å². The maximum absolute atomic E-state index is 14.8. The number of ether oxygens (including phenoxy) is 3. The second-order valence-electron chi connectivity index (χ2n) is 13.2. The normalized spacial score (nSPS) is 26.8. The van der Waals surface area contributed by atoms with E-state index >= 15 is 0 Å². The molecule has 268 valence electrons. The smallest absolute Gasteiger partial charge is 0.313 e. The van der Waals surface area contributed by atoms with Crippen molar-refractivity contribution in [2.45, 2.75) is 73.9 Å². The zero-order valence-corrected chi connectivity index (χ0v) is 30.5. The first-order chi connectivity index (χ1) is 23.9. The minimum absolute atomic E-state index is 0.126. The first-order valence-corrected chi connectivity index (χ1v) is 17.8. The highest BCUT2D eigenvalue weighted by Gasteiger charge is 2.77. The lowest BCUT2D eigenvalue weighted by atomic mass is 9.70. The molecule has 3 fully saturated rings. The van der Waals surface area contributed by atoms with E-state index in [1.54, 1.807) is 62.4 Å². The molecule has 1 N–H and O–H groups in total. The van der Waals surface area contributed by atoms with Crippen LogP contribution in [0.25, 0.3) is 0 Å². The van der Waals surface area contributed by atoms with Gasteiger partial charge in [0.05, 0.1) is 43.7 Å². The van der Waals surface area contributed by atoms with Gasteiger partial charge < -0.3 is 34.0 Å². The lowest BCUT2D eigenvalue weighted by Gasteiger charge is -2.38. The Bertz CT molecular complexity index is 1590. The molecule has 2 aromatic carbocycles. The number of nitrogens with zero attached hydrogens (tertiary/aromatic N) is 3. The van der Waals surface area contributed by atoms with Crippen LogP contribution in [-0.4, -0.2) is 101 Å². The molecule has 5 rings (SSSR count). The Morgan fingerprint density at radius 2 is 1.80 bits per heavy atom. The van der Waals surface area contributed by atoms with Gasteiger partial charge in [0.2, 0.25) is 11.8 Å². The highest BCUT2D eigenvalue weighted by atomic mass is 79.9. The van der Waals surface area contributed by atoms with E-state index in [2.05, 4.69) is 29.1 Å². The molecule has 0 aromatic heterocycles. The molecule has 3 heterocycles. The molecule has 0 radical (unpaired) electrons. The van der Waals surface area contributed by atoms with Gasteiger partial charge in [-0.3, -0.25) is 19.2 Å². The van der Waals surface area contributed by atoms with E-state index in [1.165, 1.54) is 9.80 Å². The summed E-state index contributed by atoms with van der Waals surface area (Å²) in [5.41, 5.74) is -0.131. The minimum atomic E-state index is -1.38. The summed E-state index contributed by atoms with van der Waals surface area (Å²) in [5, 5.41) is 10.3. The van der Waals surface area contributed by atoms with Gasteiger partial charge in [0.15, 0.2) is 0 Å². The zero-order valence-electron chi connectivity index (χ0n) is 28.9. The Morgan fingerprint density at radius 1 is 1.12 bits per heavy atom. The second-order valence-corrected chi connectivity index (χ2v) is 14.4. The summed E-state index contributed by atoms with van der Waals surface area (Å²) in [6.45, 7) is 10.8. The van der Waals surface area contributed by atoms with Crippen LogP contribution in [0.4, 0.5) is 5.69 Å². The minimum Gasteiger partial charge on any atom is -0.497 e. The number of allylic oxidation sites excluding steroid dienone is 1. The van der Waals surface area contributed by atoms with Gasteiger partial charge in [-0.05, 0) is 56.5 Å². The number of aliphatic hydroxyl groups is 1. The van der Waals surface area contributed by atoms with E-state index in [1.807, 2.05) is 37.3 Å². The summed E-state index contributed by atoms with van der Waals surface area (Å²) in [6, 6.07) is 13.7. The highest BCUT2D eigenvalue weighted by molar-refractivity contribution is 9.09. The number of carbonyl (C=O) groups is 4. The van der Waals surface area contributed by atoms with Crippen molar-refractivity contribution in [3.05, 3.63) is 85.5 Å². The third-order valence-corrected chi connectivity index (χ3v) is 11.2. The number of fused-ring (bicyclic) bond motifs is 1. The standard InChI is InChI=1S/C38H46BrN3O8/c1-7-9-15-29(44)40(5)24(4)32(25-13-11-10-12-14-25)49-37(47)30-31-35(45)42(23(3)22-43)34(38(31)21-28(39)33(30)50-38)36(46)41(20-8-2)26-16-18-27(48-6)19-17-26/h7-8,10-14,16-19,23-24,28,30-34,43H,1-2,9,15,20-22H2,3-6H3/t23-,24+,28?,30-,31+,32-,33-,34-,38+/m1/s1. The molecule has 9 atom stereocenters. The molecule has 12 heteroatoms. The van der Waals surface area contributed by atoms with Crippen molar-refractivity contribution in [1.82, 2.24) is 9.80 Å². The Hall–Kier alpha value is -4.00. The summed E-state index contributed by atoms with van der Waals surface area (Å²) < 4.78 is 18.3. The molecule has 50 heavy (non-hydrogen) atoms. The van der Waals surface area contributed by atoms with Crippen LogP contribution in [0.2, 0.25) is 0 Å². The molecule has 3 saturated heterocycles. The third kappa shape index (κ3) is 6.60. The number of esters is 1. The number of anilines is 1. The Balaban J connectivity index is 1.52. The maximum Gasteiger partial charge on any atom is 0.313 e.